The third-order valence-electron chi connectivity index (χ3n) is 3.17. The summed E-state index contributed by atoms with van der Waals surface area (Å²) in [5.41, 5.74) is 8.04. The molecule has 3 aromatic rings. The Hall–Kier alpha value is -2.87. The van der Waals surface area contributed by atoms with E-state index in [1.807, 2.05) is 18.2 Å². The number of nitrogen functional groups attached to an aromatic ring is 1. The number of benzene rings is 2. The second-order valence-corrected chi connectivity index (χ2v) is 4.54. The molecular formula is C15H11FN4. The Kier molecular flexibility index (Phi) is 2.84. The number of nitriles is 1. The lowest BCUT2D eigenvalue weighted by atomic mass is 10.1. The first-order valence-electron chi connectivity index (χ1n) is 6.07. The van der Waals surface area contributed by atoms with E-state index < -0.39 is 5.82 Å². The summed E-state index contributed by atoms with van der Waals surface area (Å²) in [5.74, 6) is -0.406. The van der Waals surface area contributed by atoms with Gasteiger partial charge < -0.3 is 5.73 Å². The highest BCUT2D eigenvalue weighted by atomic mass is 19.1. The van der Waals surface area contributed by atoms with Crippen LogP contribution in [0.5, 0.6) is 0 Å². The number of nitrogens with zero attached hydrogens (tertiary/aromatic N) is 3. The zero-order valence-electron chi connectivity index (χ0n) is 10.5. The zero-order valence-corrected chi connectivity index (χ0v) is 10.5. The molecule has 0 saturated carbocycles. The average Bonchev–Trinajstić information content (AvgIpc) is 2.83. The highest BCUT2D eigenvalue weighted by Crippen LogP contribution is 2.19. The van der Waals surface area contributed by atoms with Crippen molar-refractivity contribution in [3.63, 3.8) is 0 Å². The predicted molar refractivity (Wildman–Crippen MR) is 74.4 cm³/mol. The minimum absolute atomic E-state index is 0.296. The molecule has 0 fully saturated rings. The summed E-state index contributed by atoms with van der Waals surface area (Å²) in [7, 11) is 0. The van der Waals surface area contributed by atoms with Crippen molar-refractivity contribution >= 4 is 16.6 Å². The lowest BCUT2D eigenvalue weighted by Crippen LogP contribution is -2.04. The van der Waals surface area contributed by atoms with Gasteiger partial charge in [-0.05, 0) is 30.3 Å². The van der Waals surface area contributed by atoms with Crippen LogP contribution in [-0.2, 0) is 6.54 Å². The molecule has 0 saturated heterocycles. The van der Waals surface area contributed by atoms with Crippen molar-refractivity contribution in [2.45, 2.75) is 6.54 Å². The van der Waals surface area contributed by atoms with Gasteiger partial charge in [0.2, 0.25) is 0 Å². The molecule has 0 aliphatic carbocycles. The molecule has 0 aliphatic heterocycles. The lowest BCUT2D eigenvalue weighted by Gasteiger charge is -2.06. The van der Waals surface area contributed by atoms with E-state index >= 15 is 0 Å². The first kappa shape index (κ1) is 12.2. The Morgan fingerprint density at radius 1 is 1.25 bits per heavy atom. The molecule has 20 heavy (non-hydrogen) atoms. The Balaban J connectivity index is 2.01. The predicted octanol–water partition coefficient (Wildman–Crippen LogP) is 2.68. The summed E-state index contributed by atoms with van der Waals surface area (Å²) in [5, 5.41) is 13.9. The molecule has 0 spiro atoms. The van der Waals surface area contributed by atoms with Crippen molar-refractivity contribution in [3.8, 4) is 6.07 Å². The number of rotatable bonds is 2. The highest BCUT2D eigenvalue weighted by Gasteiger charge is 2.08. The van der Waals surface area contributed by atoms with E-state index in [-0.39, 0.29) is 0 Å². The van der Waals surface area contributed by atoms with Crippen LogP contribution in [-0.4, -0.2) is 9.78 Å². The van der Waals surface area contributed by atoms with E-state index in [2.05, 4.69) is 5.10 Å². The van der Waals surface area contributed by atoms with Crippen molar-refractivity contribution in [3.05, 3.63) is 59.5 Å². The van der Waals surface area contributed by atoms with E-state index in [1.165, 1.54) is 6.07 Å². The van der Waals surface area contributed by atoms with Gasteiger partial charge in [0.15, 0.2) is 0 Å². The van der Waals surface area contributed by atoms with Gasteiger partial charge in [0.1, 0.15) is 5.82 Å². The van der Waals surface area contributed by atoms with Crippen LogP contribution in [0, 0.1) is 17.1 Å². The Morgan fingerprint density at radius 3 is 2.85 bits per heavy atom. The maximum absolute atomic E-state index is 13.9. The highest BCUT2D eigenvalue weighted by molar-refractivity contribution is 5.81. The molecule has 4 nitrogen and oxygen atoms in total. The second kappa shape index (κ2) is 4.67. The zero-order chi connectivity index (χ0) is 14.1. The van der Waals surface area contributed by atoms with Crippen LogP contribution in [0.15, 0.2) is 42.6 Å². The molecule has 2 N–H and O–H groups in total. The van der Waals surface area contributed by atoms with Crippen molar-refractivity contribution < 1.29 is 4.39 Å². The van der Waals surface area contributed by atoms with Gasteiger partial charge in [-0.25, -0.2) is 4.39 Å². The fourth-order valence-corrected chi connectivity index (χ4v) is 2.12. The van der Waals surface area contributed by atoms with Crippen molar-refractivity contribution in [2.24, 2.45) is 0 Å². The van der Waals surface area contributed by atoms with Gasteiger partial charge in [-0.3, -0.25) is 4.68 Å². The number of anilines is 1. The second-order valence-electron chi connectivity index (χ2n) is 4.54. The Labute approximate surface area is 114 Å². The molecule has 0 atom stereocenters. The lowest BCUT2D eigenvalue weighted by molar-refractivity contribution is 0.590. The van der Waals surface area contributed by atoms with Crippen LogP contribution in [0.4, 0.5) is 10.1 Å². The van der Waals surface area contributed by atoms with Crippen LogP contribution in [0.1, 0.15) is 11.1 Å². The molecule has 0 bridgehead atoms. The molecule has 0 unspecified atom stereocenters. The molecule has 5 heteroatoms. The van der Waals surface area contributed by atoms with E-state index in [0.29, 0.717) is 23.4 Å². The Bertz CT molecular complexity index is 829. The summed E-state index contributed by atoms with van der Waals surface area (Å²) in [6.45, 7) is 0.296. The first-order chi connectivity index (χ1) is 9.67. The molecule has 2 aromatic carbocycles. The summed E-state index contributed by atoms with van der Waals surface area (Å²) >= 11 is 0. The van der Waals surface area contributed by atoms with Crippen LogP contribution >= 0.6 is 0 Å². The van der Waals surface area contributed by atoms with Crippen molar-refractivity contribution in [2.75, 3.05) is 5.73 Å². The molecule has 3 rings (SSSR count). The van der Waals surface area contributed by atoms with Crippen molar-refractivity contribution in [1.29, 1.82) is 5.26 Å². The van der Waals surface area contributed by atoms with Gasteiger partial charge in [-0.2, -0.15) is 10.4 Å². The quantitative estimate of drug-likeness (QED) is 0.725. The van der Waals surface area contributed by atoms with Gasteiger partial charge in [-0.1, -0.05) is 6.07 Å². The number of halogens is 1. The van der Waals surface area contributed by atoms with Gasteiger partial charge in [0.05, 0.1) is 29.9 Å². The monoisotopic (exact) mass is 266 g/mol. The molecule has 1 aromatic heterocycles. The number of aromatic nitrogens is 2. The van der Waals surface area contributed by atoms with Crippen LogP contribution in [0.25, 0.3) is 10.9 Å². The Morgan fingerprint density at radius 2 is 2.10 bits per heavy atom. The maximum Gasteiger partial charge on any atom is 0.129 e. The topological polar surface area (TPSA) is 67.6 Å². The SMILES string of the molecule is N#Cc1ccc(Cn2ncc3ccc(N)cc32)c(F)c1. The third-order valence-corrected chi connectivity index (χ3v) is 3.17. The molecule has 0 amide bonds. The van der Waals surface area contributed by atoms with E-state index in [4.69, 9.17) is 11.0 Å². The maximum atomic E-state index is 13.9. The number of nitrogens with two attached hydrogens (primary N) is 1. The number of hydrogen-bond acceptors (Lipinski definition) is 3. The van der Waals surface area contributed by atoms with Crippen LogP contribution in [0.3, 0.4) is 0 Å². The fourth-order valence-electron chi connectivity index (χ4n) is 2.12. The molecule has 0 radical (unpaired) electrons. The summed E-state index contributed by atoms with van der Waals surface area (Å²) in [6.07, 6.45) is 1.72. The summed E-state index contributed by atoms with van der Waals surface area (Å²) in [4.78, 5) is 0. The minimum Gasteiger partial charge on any atom is -0.399 e. The van der Waals surface area contributed by atoms with Gasteiger partial charge >= 0.3 is 0 Å². The van der Waals surface area contributed by atoms with Gasteiger partial charge in [0.25, 0.3) is 0 Å². The summed E-state index contributed by atoms with van der Waals surface area (Å²) in [6, 6.07) is 11.8. The molecule has 0 aliphatic rings. The van der Waals surface area contributed by atoms with Crippen LogP contribution < -0.4 is 5.73 Å². The average molecular weight is 266 g/mol. The van der Waals surface area contributed by atoms with E-state index in [0.717, 1.165) is 10.9 Å². The normalized spacial score (nSPS) is 10.6. The van der Waals surface area contributed by atoms with E-state index in [1.54, 1.807) is 29.1 Å². The number of fused-ring (bicyclic) bond motifs is 1. The van der Waals surface area contributed by atoms with Gasteiger partial charge in [-0.15, -0.1) is 0 Å². The third kappa shape index (κ3) is 2.08. The fraction of sp³-hybridized carbons (Fsp3) is 0.0667. The first-order valence-corrected chi connectivity index (χ1v) is 6.07. The smallest absolute Gasteiger partial charge is 0.129 e. The van der Waals surface area contributed by atoms with E-state index in [9.17, 15) is 4.39 Å². The largest absolute Gasteiger partial charge is 0.399 e. The molecule has 98 valence electrons. The summed E-state index contributed by atoms with van der Waals surface area (Å²) < 4.78 is 15.6. The van der Waals surface area contributed by atoms with Crippen LogP contribution in [0.2, 0.25) is 0 Å². The number of hydrogen-bond donors (Lipinski definition) is 1. The minimum atomic E-state index is -0.406. The standard InChI is InChI=1S/C15H11FN4/c16-14-5-10(7-17)1-2-12(14)9-20-15-6-13(18)4-3-11(15)8-19-20/h1-6,8H,9,18H2. The molecular weight excluding hydrogens is 255 g/mol. The molecule has 1 heterocycles. The van der Waals surface area contributed by atoms with Crippen molar-refractivity contribution in [1.82, 2.24) is 9.78 Å². The van der Waals surface area contributed by atoms with Gasteiger partial charge in [0, 0.05) is 16.6 Å².